The normalized spacial score (nSPS) is 28.4. The summed E-state index contributed by atoms with van der Waals surface area (Å²) >= 11 is 0. The van der Waals surface area contributed by atoms with Gasteiger partial charge in [0, 0.05) is 18.8 Å². The van der Waals surface area contributed by atoms with Crippen LogP contribution in [-0.4, -0.2) is 87.6 Å². The molecule has 0 amide bonds. The Balaban J connectivity index is 1.94. The second kappa shape index (κ2) is 8.95. The van der Waals surface area contributed by atoms with Gasteiger partial charge < -0.3 is 39.5 Å². The number of ether oxygens (including phenoxy) is 3. The molecule has 0 bridgehead atoms. The number of rotatable bonds is 7. The lowest BCUT2D eigenvalue weighted by molar-refractivity contribution is -0.164. The lowest BCUT2D eigenvalue weighted by Gasteiger charge is -2.28. The van der Waals surface area contributed by atoms with Crippen LogP contribution in [0.4, 0.5) is 0 Å². The zero-order chi connectivity index (χ0) is 20.1. The Morgan fingerprint density at radius 1 is 1.33 bits per heavy atom. The number of aliphatic hydroxyl groups is 3. The summed E-state index contributed by atoms with van der Waals surface area (Å²) in [6, 6.07) is 0. The average Bonchev–Trinajstić information content (AvgIpc) is 2.94. The average molecular weight is 387 g/mol. The van der Waals surface area contributed by atoms with Crippen LogP contribution in [0.3, 0.4) is 0 Å². The number of carbonyl (C=O) groups excluding carboxylic acids is 2. The number of allylic oxidation sites excluding steroid dienone is 1. The molecule has 4 N–H and O–H groups in total. The summed E-state index contributed by atoms with van der Waals surface area (Å²) in [5, 5.41) is 38.8. The van der Waals surface area contributed by atoms with Crippen LogP contribution in [0.2, 0.25) is 0 Å². The molecule has 1 fully saturated rings. The topological polar surface area (TPSA) is 163 Å². The molecule has 2 rings (SSSR count). The van der Waals surface area contributed by atoms with Gasteiger partial charge in [-0.1, -0.05) is 6.08 Å². The number of carboxylic acid groups (broad SMARTS) is 1. The highest BCUT2D eigenvalue weighted by Crippen LogP contribution is 2.27. The Morgan fingerprint density at radius 3 is 2.67 bits per heavy atom. The molecule has 0 aromatic heterocycles. The molecule has 5 atom stereocenters. The van der Waals surface area contributed by atoms with Crippen molar-refractivity contribution in [2.45, 2.75) is 43.5 Å². The van der Waals surface area contributed by atoms with Crippen molar-refractivity contribution >= 4 is 17.9 Å². The second-order valence-electron chi connectivity index (χ2n) is 5.97. The van der Waals surface area contributed by atoms with Gasteiger partial charge in [-0.2, -0.15) is 0 Å². The van der Waals surface area contributed by atoms with Gasteiger partial charge in [0.2, 0.25) is 0 Å². The van der Waals surface area contributed by atoms with E-state index in [0.29, 0.717) is 0 Å². The Hall–Kier alpha value is -2.47. The Labute approximate surface area is 154 Å². The molecule has 0 spiro atoms. The van der Waals surface area contributed by atoms with Crippen molar-refractivity contribution in [1.82, 2.24) is 4.90 Å². The highest BCUT2D eigenvalue weighted by Gasteiger charge is 2.45. The van der Waals surface area contributed by atoms with Crippen LogP contribution in [0.25, 0.3) is 0 Å². The Kier molecular flexibility index (Phi) is 6.91. The summed E-state index contributed by atoms with van der Waals surface area (Å²) < 4.78 is 14.6. The number of methoxy groups -OCH3 is 1. The van der Waals surface area contributed by atoms with Crippen LogP contribution >= 0.6 is 0 Å². The molecule has 0 aromatic rings. The predicted molar refractivity (Wildman–Crippen MR) is 85.6 cm³/mol. The first-order valence-electron chi connectivity index (χ1n) is 8.05. The summed E-state index contributed by atoms with van der Waals surface area (Å²) in [7, 11) is 1.10. The van der Waals surface area contributed by atoms with Crippen molar-refractivity contribution in [3.8, 4) is 0 Å². The lowest BCUT2D eigenvalue weighted by atomic mass is 10.1. The molecule has 150 valence electrons. The molecular formula is C16H21NO10. The van der Waals surface area contributed by atoms with Crippen molar-refractivity contribution in [1.29, 1.82) is 0 Å². The zero-order valence-electron chi connectivity index (χ0n) is 14.4. The maximum absolute atomic E-state index is 11.7. The first kappa shape index (κ1) is 20.8. The number of hydrogen-bond acceptors (Lipinski definition) is 10. The summed E-state index contributed by atoms with van der Waals surface area (Å²) in [6.45, 7) is -0.487. The van der Waals surface area contributed by atoms with E-state index in [4.69, 9.17) is 14.6 Å². The third kappa shape index (κ3) is 5.04. The first-order valence-corrected chi connectivity index (χ1v) is 8.05. The summed E-state index contributed by atoms with van der Waals surface area (Å²) in [6.07, 6.45) is -2.80. The van der Waals surface area contributed by atoms with E-state index < -0.39 is 61.6 Å². The molecule has 2 aliphatic heterocycles. The Bertz CT molecular complexity index is 645. The van der Waals surface area contributed by atoms with Gasteiger partial charge in [-0.05, 0) is 0 Å². The van der Waals surface area contributed by atoms with Crippen LogP contribution in [0, 0.1) is 0 Å². The van der Waals surface area contributed by atoms with Crippen LogP contribution in [0.15, 0.2) is 24.0 Å². The number of carbonyl (C=O) groups is 3. The molecular weight excluding hydrogens is 366 g/mol. The maximum atomic E-state index is 11.7. The van der Waals surface area contributed by atoms with E-state index in [0.717, 1.165) is 7.11 Å². The molecule has 0 radical (unpaired) electrons. The monoisotopic (exact) mass is 387 g/mol. The largest absolute Gasteiger partial charge is 0.478 e. The van der Waals surface area contributed by atoms with Crippen molar-refractivity contribution in [3.63, 3.8) is 0 Å². The van der Waals surface area contributed by atoms with Gasteiger partial charge in [0.05, 0.1) is 19.1 Å². The van der Waals surface area contributed by atoms with Gasteiger partial charge >= 0.3 is 17.9 Å². The van der Waals surface area contributed by atoms with Crippen LogP contribution in [0.5, 0.6) is 0 Å². The first-order chi connectivity index (χ1) is 12.7. The van der Waals surface area contributed by atoms with Crippen molar-refractivity contribution < 1.29 is 49.0 Å². The van der Waals surface area contributed by atoms with Gasteiger partial charge in [-0.25, -0.2) is 9.59 Å². The van der Waals surface area contributed by atoms with Crippen molar-refractivity contribution in [2.75, 3.05) is 13.7 Å². The summed E-state index contributed by atoms with van der Waals surface area (Å²) in [4.78, 5) is 35.1. The fourth-order valence-corrected chi connectivity index (χ4v) is 2.58. The van der Waals surface area contributed by atoms with Crippen LogP contribution in [-0.2, 0) is 28.6 Å². The lowest BCUT2D eigenvalue weighted by Crippen LogP contribution is -2.40. The fraction of sp³-hybridized carbons (Fsp3) is 0.562. The quantitative estimate of drug-likeness (QED) is 0.360. The van der Waals surface area contributed by atoms with E-state index in [2.05, 4.69) is 4.74 Å². The Morgan fingerprint density at radius 2 is 2.04 bits per heavy atom. The van der Waals surface area contributed by atoms with Gasteiger partial charge in [0.1, 0.15) is 24.9 Å². The van der Waals surface area contributed by atoms with E-state index in [9.17, 15) is 29.7 Å². The number of esters is 2. The minimum Gasteiger partial charge on any atom is -0.478 e. The third-order valence-corrected chi connectivity index (χ3v) is 4.08. The maximum Gasteiger partial charge on any atom is 0.335 e. The van der Waals surface area contributed by atoms with Gasteiger partial charge in [-0.3, -0.25) is 4.79 Å². The molecule has 2 heterocycles. The molecule has 11 heteroatoms. The molecule has 0 unspecified atom stereocenters. The van der Waals surface area contributed by atoms with Gasteiger partial charge in [0.25, 0.3) is 0 Å². The number of hydrogen-bond donors (Lipinski definition) is 4. The molecule has 1 saturated heterocycles. The van der Waals surface area contributed by atoms with E-state index in [-0.39, 0.29) is 12.0 Å². The van der Waals surface area contributed by atoms with Crippen molar-refractivity contribution in [3.05, 3.63) is 24.0 Å². The molecule has 0 aliphatic carbocycles. The molecule has 27 heavy (non-hydrogen) atoms. The molecule has 0 aromatic carbocycles. The van der Waals surface area contributed by atoms with Gasteiger partial charge in [-0.15, -0.1) is 0 Å². The molecule has 11 nitrogen and oxygen atoms in total. The fourth-order valence-electron chi connectivity index (χ4n) is 2.58. The standard InChI is InChI=1S/C16H21NO10/c1-25-11(19)5-9(18)16(24)26-7-10-12(20)13(21)14(27-10)17-4-2-3-8(6-17)15(22)23/h2,4,6,9-10,12-14,18,20-21H,3,5,7H2,1H3,(H,22,23)/t9-,10+,12+,13+,14+/m0/s1. The minimum absolute atomic E-state index is 0.0728. The van der Waals surface area contributed by atoms with E-state index in [1.807, 2.05) is 0 Å². The minimum atomic E-state index is -1.73. The van der Waals surface area contributed by atoms with E-state index >= 15 is 0 Å². The smallest absolute Gasteiger partial charge is 0.335 e. The van der Waals surface area contributed by atoms with Crippen LogP contribution < -0.4 is 0 Å². The van der Waals surface area contributed by atoms with E-state index in [1.54, 1.807) is 6.08 Å². The van der Waals surface area contributed by atoms with Crippen molar-refractivity contribution in [2.24, 2.45) is 0 Å². The number of aliphatic carboxylic acids is 1. The number of carboxylic acids is 1. The van der Waals surface area contributed by atoms with E-state index in [1.165, 1.54) is 17.3 Å². The van der Waals surface area contributed by atoms with Crippen LogP contribution in [0.1, 0.15) is 12.8 Å². The van der Waals surface area contributed by atoms with Gasteiger partial charge in [0.15, 0.2) is 12.3 Å². The molecule has 0 saturated carbocycles. The second-order valence-corrected chi connectivity index (χ2v) is 5.97. The number of nitrogens with zero attached hydrogens (tertiary/aromatic N) is 1. The SMILES string of the molecule is COC(=O)C[C@H](O)C(=O)OC[C@H]1O[C@@H](N2C=CCC(C(=O)O)=C2)[C@H](O)[C@@H]1O. The highest BCUT2D eigenvalue weighted by molar-refractivity contribution is 5.87. The number of aliphatic hydroxyl groups excluding tert-OH is 3. The summed E-state index contributed by atoms with van der Waals surface area (Å²) in [5.74, 6) is -3.03. The summed E-state index contributed by atoms with van der Waals surface area (Å²) in [5.41, 5.74) is 0.0728. The highest BCUT2D eigenvalue weighted by atomic mass is 16.6. The zero-order valence-corrected chi connectivity index (χ0v) is 14.4. The molecule has 2 aliphatic rings. The third-order valence-electron chi connectivity index (χ3n) is 4.08. The predicted octanol–water partition coefficient (Wildman–Crippen LogP) is -1.91.